The highest BCUT2D eigenvalue weighted by molar-refractivity contribution is 7.15. The molecule has 1 atom stereocenters. The van der Waals surface area contributed by atoms with Crippen LogP contribution in [0, 0.1) is 6.92 Å². The minimum absolute atomic E-state index is 0.336. The van der Waals surface area contributed by atoms with Gasteiger partial charge in [-0.05, 0) is 40.7 Å². The molecule has 2 rings (SSSR count). The summed E-state index contributed by atoms with van der Waals surface area (Å²) in [6.07, 6.45) is 2.62. The van der Waals surface area contributed by atoms with Gasteiger partial charge in [-0.3, -0.25) is 4.90 Å². The summed E-state index contributed by atoms with van der Waals surface area (Å²) in [6, 6.07) is 1.21. The zero-order valence-corrected chi connectivity index (χ0v) is 13.4. The maximum Gasteiger partial charge on any atom is 0.358 e. The van der Waals surface area contributed by atoms with Crippen LogP contribution >= 0.6 is 11.3 Å². The summed E-state index contributed by atoms with van der Waals surface area (Å²) in [5.74, 6) is -0.336. The Labute approximate surface area is 124 Å². The van der Waals surface area contributed by atoms with Crippen LogP contribution in [0.3, 0.4) is 0 Å². The van der Waals surface area contributed by atoms with Gasteiger partial charge in [0, 0.05) is 23.5 Å². The lowest BCUT2D eigenvalue weighted by molar-refractivity contribution is 0.0519. The maximum absolute atomic E-state index is 11.7. The number of rotatable bonds is 7. The predicted molar refractivity (Wildman–Crippen MR) is 81.5 cm³/mol. The third-order valence-corrected chi connectivity index (χ3v) is 4.56. The monoisotopic (exact) mass is 297 g/mol. The van der Waals surface area contributed by atoms with E-state index < -0.39 is 0 Å². The van der Waals surface area contributed by atoms with Crippen LogP contribution in [0.1, 0.15) is 42.1 Å². The average molecular weight is 297 g/mol. The number of ether oxygens (including phenoxy) is 1. The number of carbonyl (C=O) groups is 1. The van der Waals surface area contributed by atoms with Gasteiger partial charge < -0.3 is 10.1 Å². The Balaban J connectivity index is 1.89. The van der Waals surface area contributed by atoms with Gasteiger partial charge in [0.25, 0.3) is 0 Å². The van der Waals surface area contributed by atoms with Crippen molar-refractivity contribution < 1.29 is 9.53 Å². The Morgan fingerprint density at radius 1 is 1.60 bits per heavy atom. The van der Waals surface area contributed by atoms with Crippen molar-refractivity contribution in [2.75, 3.05) is 25.5 Å². The first kappa shape index (κ1) is 15.3. The van der Waals surface area contributed by atoms with E-state index in [0.717, 1.165) is 22.6 Å². The third-order valence-electron chi connectivity index (χ3n) is 3.63. The normalized spacial score (nSPS) is 16.2. The summed E-state index contributed by atoms with van der Waals surface area (Å²) in [5, 5.41) is 4.12. The second-order valence-electron chi connectivity index (χ2n) is 5.27. The summed E-state index contributed by atoms with van der Waals surface area (Å²) in [7, 11) is 2.17. The van der Waals surface area contributed by atoms with Crippen molar-refractivity contribution in [1.82, 2.24) is 9.88 Å². The lowest BCUT2D eigenvalue weighted by Crippen LogP contribution is -2.36. The van der Waals surface area contributed by atoms with E-state index in [0.29, 0.717) is 18.3 Å². The first-order valence-electron chi connectivity index (χ1n) is 7.13. The molecule has 1 unspecified atom stereocenters. The molecule has 0 spiro atoms. The molecular weight excluding hydrogens is 274 g/mol. The van der Waals surface area contributed by atoms with Crippen molar-refractivity contribution >= 4 is 22.4 Å². The molecule has 0 amide bonds. The molecule has 112 valence electrons. The number of anilines is 1. The third kappa shape index (κ3) is 3.70. The zero-order valence-electron chi connectivity index (χ0n) is 12.6. The van der Waals surface area contributed by atoms with Crippen LogP contribution in [0.15, 0.2) is 0 Å². The van der Waals surface area contributed by atoms with E-state index in [2.05, 4.69) is 29.2 Å². The van der Waals surface area contributed by atoms with Crippen LogP contribution in [0.25, 0.3) is 0 Å². The van der Waals surface area contributed by atoms with Gasteiger partial charge in [0.15, 0.2) is 10.8 Å². The Bertz CT molecular complexity index is 471. The molecule has 0 aliphatic heterocycles. The summed E-state index contributed by atoms with van der Waals surface area (Å²) < 4.78 is 4.99. The van der Waals surface area contributed by atoms with E-state index in [9.17, 15) is 4.79 Å². The van der Waals surface area contributed by atoms with Crippen molar-refractivity contribution in [1.29, 1.82) is 0 Å². The standard InChI is InChI=1S/C14H23N3O2S/c1-5-19-13(18)12-10(3)20-14(16-12)15-8-9(2)17(4)11-6-7-11/h9,11H,5-8H2,1-4H3,(H,15,16). The molecule has 5 nitrogen and oxygen atoms in total. The lowest BCUT2D eigenvalue weighted by atomic mass is 10.3. The first-order chi connectivity index (χ1) is 9.52. The number of hydrogen-bond donors (Lipinski definition) is 1. The van der Waals surface area contributed by atoms with Crippen molar-refractivity contribution in [2.24, 2.45) is 0 Å². The molecule has 0 aromatic carbocycles. The molecule has 1 aliphatic rings. The number of likely N-dealkylation sites (N-methyl/N-ethyl adjacent to an activating group) is 1. The van der Waals surface area contributed by atoms with Crippen LogP contribution in [0.5, 0.6) is 0 Å². The Morgan fingerprint density at radius 2 is 2.30 bits per heavy atom. The molecule has 6 heteroatoms. The van der Waals surface area contributed by atoms with Gasteiger partial charge in [-0.1, -0.05) is 0 Å². The number of nitrogens with zero attached hydrogens (tertiary/aromatic N) is 2. The molecule has 0 saturated heterocycles. The van der Waals surface area contributed by atoms with Crippen LogP contribution < -0.4 is 5.32 Å². The molecule has 20 heavy (non-hydrogen) atoms. The molecule has 1 fully saturated rings. The minimum Gasteiger partial charge on any atom is -0.461 e. The largest absolute Gasteiger partial charge is 0.461 e. The first-order valence-corrected chi connectivity index (χ1v) is 7.95. The Kier molecular flexibility index (Phi) is 4.99. The van der Waals surface area contributed by atoms with Crippen LogP contribution in [-0.2, 0) is 4.74 Å². The van der Waals surface area contributed by atoms with Gasteiger partial charge in [-0.25, -0.2) is 9.78 Å². The molecule has 1 heterocycles. The fourth-order valence-electron chi connectivity index (χ4n) is 2.08. The number of carbonyl (C=O) groups excluding carboxylic acids is 1. The highest BCUT2D eigenvalue weighted by Gasteiger charge is 2.29. The molecule has 1 aromatic rings. The van der Waals surface area contributed by atoms with Crippen molar-refractivity contribution in [3.63, 3.8) is 0 Å². The minimum atomic E-state index is -0.336. The summed E-state index contributed by atoms with van der Waals surface area (Å²) in [5.41, 5.74) is 0.433. The van der Waals surface area contributed by atoms with Crippen molar-refractivity contribution in [2.45, 2.75) is 45.7 Å². The highest BCUT2D eigenvalue weighted by Crippen LogP contribution is 2.27. The molecule has 1 aromatic heterocycles. The van der Waals surface area contributed by atoms with Gasteiger partial charge in [-0.15, -0.1) is 11.3 Å². The fourth-order valence-corrected chi connectivity index (χ4v) is 2.89. The topological polar surface area (TPSA) is 54.5 Å². The van der Waals surface area contributed by atoms with Crippen molar-refractivity contribution in [3.05, 3.63) is 10.6 Å². The Hall–Kier alpha value is -1.14. The van der Waals surface area contributed by atoms with E-state index in [1.165, 1.54) is 24.2 Å². The number of aromatic nitrogens is 1. The number of aryl methyl sites for hydroxylation is 1. The number of thiazole rings is 1. The molecular formula is C14H23N3O2S. The fraction of sp³-hybridized carbons (Fsp3) is 0.714. The molecule has 1 N–H and O–H groups in total. The van der Waals surface area contributed by atoms with E-state index in [1.807, 2.05) is 6.92 Å². The number of hydrogen-bond acceptors (Lipinski definition) is 6. The van der Waals surface area contributed by atoms with E-state index in [4.69, 9.17) is 4.74 Å². The van der Waals surface area contributed by atoms with Crippen molar-refractivity contribution in [3.8, 4) is 0 Å². The number of nitrogens with one attached hydrogen (secondary N) is 1. The molecule has 1 aliphatic carbocycles. The quantitative estimate of drug-likeness (QED) is 0.784. The number of esters is 1. The SMILES string of the molecule is CCOC(=O)c1nc(NCC(C)N(C)C2CC2)sc1C. The van der Waals surface area contributed by atoms with E-state index in [-0.39, 0.29) is 5.97 Å². The van der Waals surface area contributed by atoms with Crippen LogP contribution in [0.4, 0.5) is 5.13 Å². The second-order valence-corrected chi connectivity index (χ2v) is 6.47. The molecule has 0 radical (unpaired) electrons. The molecule has 1 saturated carbocycles. The lowest BCUT2D eigenvalue weighted by Gasteiger charge is -2.24. The summed E-state index contributed by atoms with van der Waals surface area (Å²) >= 11 is 1.50. The van der Waals surface area contributed by atoms with E-state index in [1.54, 1.807) is 6.92 Å². The van der Waals surface area contributed by atoms with Gasteiger partial charge in [-0.2, -0.15) is 0 Å². The smallest absolute Gasteiger partial charge is 0.358 e. The second kappa shape index (κ2) is 6.54. The van der Waals surface area contributed by atoms with Crippen LogP contribution in [0.2, 0.25) is 0 Å². The average Bonchev–Trinajstić information content (AvgIpc) is 3.19. The van der Waals surface area contributed by atoms with Gasteiger partial charge in [0.05, 0.1) is 6.61 Å². The maximum atomic E-state index is 11.7. The van der Waals surface area contributed by atoms with Gasteiger partial charge in [0.2, 0.25) is 0 Å². The van der Waals surface area contributed by atoms with E-state index >= 15 is 0 Å². The van der Waals surface area contributed by atoms with Gasteiger partial charge in [0.1, 0.15) is 0 Å². The summed E-state index contributed by atoms with van der Waals surface area (Å²) in [6.45, 7) is 7.12. The summed E-state index contributed by atoms with van der Waals surface area (Å²) in [4.78, 5) is 19.3. The zero-order chi connectivity index (χ0) is 14.7. The molecule has 0 bridgehead atoms. The highest BCUT2D eigenvalue weighted by atomic mass is 32.1. The van der Waals surface area contributed by atoms with Gasteiger partial charge >= 0.3 is 5.97 Å². The Morgan fingerprint density at radius 3 is 2.90 bits per heavy atom. The predicted octanol–water partition coefficient (Wildman–Crippen LogP) is 2.52. The van der Waals surface area contributed by atoms with Crippen LogP contribution in [-0.4, -0.2) is 48.1 Å².